The number of esters is 1. The van der Waals surface area contributed by atoms with Gasteiger partial charge in [0.1, 0.15) is 28.9 Å². The number of carbonyl (C=O) groups excluding carboxylic acids is 3. The van der Waals surface area contributed by atoms with E-state index in [9.17, 15) is 23.2 Å². The minimum absolute atomic E-state index is 0.598. The van der Waals surface area contributed by atoms with E-state index >= 15 is 0 Å². The van der Waals surface area contributed by atoms with Crippen molar-refractivity contribution in [1.29, 1.82) is 0 Å². The largest absolute Gasteiger partial charge is 0.459 e. The Morgan fingerprint density at radius 2 is 1.64 bits per heavy atom. The highest BCUT2D eigenvalue weighted by Crippen LogP contribution is 2.20. The van der Waals surface area contributed by atoms with Gasteiger partial charge in [-0.05, 0) is 39.8 Å². The molecule has 0 saturated heterocycles. The predicted molar refractivity (Wildman–Crippen MR) is 75.3 cm³/mol. The van der Waals surface area contributed by atoms with E-state index in [4.69, 9.17) is 4.74 Å². The van der Waals surface area contributed by atoms with Crippen LogP contribution in [0.4, 0.5) is 8.78 Å². The number of halogens is 2. The van der Waals surface area contributed by atoms with Crippen molar-refractivity contribution >= 4 is 17.5 Å². The zero-order valence-electron chi connectivity index (χ0n) is 12.9. The van der Waals surface area contributed by atoms with Gasteiger partial charge in [0.15, 0.2) is 5.78 Å². The number of rotatable bonds is 5. The summed E-state index contributed by atoms with van der Waals surface area (Å²) in [5.74, 6) is -5.88. The Morgan fingerprint density at radius 1 is 1.14 bits per heavy atom. The first kappa shape index (κ1) is 17.9. The van der Waals surface area contributed by atoms with Crippen molar-refractivity contribution in [3.63, 3.8) is 0 Å². The number of ether oxygens (including phenoxy) is 1. The Bertz CT molecular complexity index is 582. The van der Waals surface area contributed by atoms with E-state index < -0.39 is 52.7 Å². The van der Waals surface area contributed by atoms with Gasteiger partial charge in [0, 0.05) is 6.42 Å². The van der Waals surface area contributed by atoms with Crippen LogP contribution in [0.1, 0.15) is 44.5 Å². The fourth-order valence-corrected chi connectivity index (χ4v) is 1.82. The molecule has 0 amide bonds. The third-order valence-electron chi connectivity index (χ3n) is 2.81. The number of benzene rings is 1. The van der Waals surface area contributed by atoms with Crippen molar-refractivity contribution in [3.8, 4) is 0 Å². The fourth-order valence-electron chi connectivity index (χ4n) is 1.82. The molecule has 0 N–H and O–H groups in total. The predicted octanol–water partition coefficient (Wildman–Crippen LogP) is 3.08. The standard InChI is InChI=1S/C16H18F2O4/c1-9(19)10(15(21)22-16(2,3)4)8-13(20)14-11(17)6-5-7-12(14)18/h5-7,10H,8H2,1-4H3/t10-/m1/s1. The zero-order chi connectivity index (χ0) is 17.1. The lowest BCUT2D eigenvalue weighted by Gasteiger charge is -2.22. The molecule has 0 aliphatic rings. The van der Waals surface area contributed by atoms with Crippen LogP contribution in [0.5, 0.6) is 0 Å². The van der Waals surface area contributed by atoms with Crippen LogP contribution in [0.25, 0.3) is 0 Å². The second kappa shape index (κ2) is 6.77. The fraction of sp³-hybridized carbons (Fsp3) is 0.438. The Labute approximate surface area is 127 Å². The number of carbonyl (C=O) groups is 3. The molecular formula is C16H18F2O4. The summed E-state index contributed by atoms with van der Waals surface area (Å²) in [5, 5.41) is 0. The van der Waals surface area contributed by atoms with Crippen molar-refractivity contribution in [2.45, 2.75) is 39.7 Å². The van der Waals surface area contributed by atoms with Gasteiger partial charge in [-0.3, -0.25) is 14.4 Å². The highest BCUT2D eigenvalue weighted by atomic mass is 19.1. The van der Waals surface area contributed by atoms with E-state index in [2.05, 4.69) is 0 Å². The minimum Gasteiger partial charge on any atom is -0.459 e. The molecular weight excluding hydrogens is 294 g/mol. The molecule has 1 atom stereocenters. The van der Waals surface area contributed by atoms with Crippen LogP contribution in [0.3, 0.4) is 0 Å². The Balaban J connectivity index is 2.99. The van der Waals surface area contributed by atoms with E-state index in [1.165, 1.54) is 0 Å². The van der Waals surface area contributed by atoms with Gasteiger partial charge in [0.05, 0.1) is 5.56 Å². The van der Waals surface area contributed by atoms with Gasteiger partial charge in [-0.15, -0.1) is 0 Å². The van der Waals surface area contributed by atoms with E-state index in [1.54, 1.807) is 20.8 Å². The van der Waals surface area contributed by atoms with Gasteiger partial charge in [-0.25, -0.2) is 8.78 Å². The molecule has 22 heavy (non-hydrogen) atoms. The molecule has 0 radical (unpaired) electrons. The van der Waals surface area contributed by atoms with Crippen LogP contribution in [0, 0.1) is 17.6 Å². The smallest absolute Gasteiger partial charge is 0.317 e. The quantitative estimate of drug-likeness (QED) is 0.476. The summed E-state index contributed by atoms with van der Waals surface area (Å²) in [7, 11) is 0. The van der Waals surface area contributed by atoms with Gasteiger partial charge in [-0.2, -0.15) is 0 Å². The lowest BCUT2D eigenvalue weighted by Crippen LogP contribution is -2.33. The molecule has 120 valence electrons. The monoisotopic (exact) mass is 312 g/mol. The number of ketones is 2. The van der Waals surface area contributed by atoms with E-state index in [-0.39, 0.29) is 0 Å². The minimum atomic E-state index is -1.38. The molecule has 4 nitrogen and oxygen atoms in total. The molecule has 1 aromatic carbocycles. The van der Waals surface area contributed by atoms with E-state index in [0.29, 0.717) is 0 Å². The summed E-state index contributed by atoms with van der Waals surface area (Å²) in [6.07, 6.45) is -0.637. The van der Waals surface area contributed by atoms with Gasteiger partial charge in [0.25, 0.3) is 0 Å². The van der Waals surface area contributed by atoms with Crippen LogP contribution < -0.4 is 0 Å². The lowest BCUT2D eigenvalue weighted by atomic mass is 9.94. The maximum absolute atomic E-state index is 13.6. The molecule has 1 rings (SSSR count). The van der Waals surface area contributed by atoms with Crippen LogP contribution in [-0.4, -0.2) is 23.1 Å². The van der Waals surface area contributed by atoms with Crippen molar-refractivity contribution < 1.29 is 27.9 Å². The summed E-state index contributed by atoms with van der Waals surface area (Å²) in [5.41, 5.74) is -1.59. The Kier molecular flexibility index (Phi) is 5.52. The van der Waals surface area contributed by atoms with Crippen LogP contribution in [-0.2, 0) is 14.3 Å². The van der Waals surface area contributed by atoms with Crippen molar-refractivity contribution in [2.24, 2.45) is 5.92 Å². The molecule has 0 saturated carbocycles. The molecule has 0 bridgehead atoms. The maximum atomic E-state index is 13.6. The first-order valence-corrected chi connectivity index (χ1v) is 6.73. The van der Waals surface area contributed by atoms with Crippen LogP contribution >= 0.6 is 0 Å². The van der Waals surface area contributed by atoms with Gasteiger partial charge in [-0.1, -0.05) is 6.07 Å². The van der Waals surface area contributed by atoms with E-state index in [0.717, 1.165) is 25.1 Å². The highest BCUT2D eigenvalue weighted by molar-refractivity contribution is 6.05. The van der Waals surface area contributed by atoms with Crippen molar-refractivity contribution in [3.05, 3.63) is 35.4 Å². The van der Waals surface area contributed by atoms with E-state index in [1.807, 2.05) is 0 Å². The topological polar surface area (TPSA) is 60.4 Å². The number of hydrogen-bond acceptors (Lipinski definition) is 4. The average Bonchev–Trinajstić information content (AvgIpc) is 2.33. The molecule has 6 heteroatoms. The van der Waals surface area contributed by atoms with Gasteiger partial charge in [0.2, 0.25) is 0 Å². The molecule has 0 unspecified atom stereocenters. The third kappa shape index (κ3) is 4.72. The molecule has 0 fully saturated rings. The highest BCUT2D eigenvalue weighted by Gasteiger charge is 2.32. The molecule has 0 aromatic heterocycles. The molecule has 0 heterocycles. The second-order valence-electron chi connectivity index (χ2n) is 5.92. The SMILES string of the molecule is CC(=O)[C@@H](CC(=O)c1c(F)cccc1F)C(=O)OC(C)(C)C. The van der Waals surface area contributed by atoms with Gasteiger partial charge >= 0.3 is 5.97 Å². The van der Waals surface area contributed by atoms with Crippen molar-refractivity contribution in [1.82, 2.24) is 0 Å². The third-order valence-corrected chi connectivity index (χ3v) is 2.81. The molecule has 0 aliphatic heterocycles. The number of Topliss-reactive ketones (excluding diaryl/α,β-unsaturated/α-hetero) is 2. The van der Waals surface area contributed by atoms with Crippen LogP contribution in [0.15, 0.2) is 18.2 Å². The molecule has 1 aromatic rings. The summed E-state index contributed by atoms with van der Waals surface area (Å²) < 4.78 is 32.2. The normalized spacial score (nSPS) is 12.6. The lowest BCUT2D eigenvalue weighted by molar-refractivity contribution is -0.161. The summed E-state index contributed by atoms with van der Waals surface area (Å²) in [4.78, 5) is 35.6. The van der Waals surface area contributed by atoms with Crippen molar-refractivity contribution in [2.75, 3.05) is 0 Å². The first-order valence-electron chi connectivity index (χ1n) is 6.73. The number of hydrogen-bond donors (Lipinski definition) is 0. The summed E-state index contributed by atoms with van der Waals surface area (Å²) >= 11 is 0. The molecule has 0 spiro atoms. The maximum Gasteiger partial charge on any atom is 0.317 e. The van der Waals surface area contributed by atoms with Crippen LogP contribution in [0.2, 0.25) is 0 Å². The summed E-state index contributed by atoms with van der Waals surface area (Å²) in [6.45, 7) is 5.96. The molecule has 0 aliphatic carbocycles. The Morgan fingerprint density at radius 3 is 2.05 bits per heavy atom. The second-order valence-corrected chi connectivity index (χ2v) is 5.92. The van der Waals surface area contributed by atoms with Gasteiger partial charge < -0.3 is 4.74 Å². The Hall–Kier alpha value is -2.11. The zero-order valence-corrected chi connectivity index (χ0v) is 12.9. The summed E-state index contributed by atoms with van der Waals surface area (Å²) in [6, 6.07) is 3.00. The first-order chi connectivity index (χ1) is 10.0. The average molecular weight is 312 g/mol.